The monoisotopic (exact) mass is 542 g/mol. The van der Waals surface area contributed by atoms with Crippen LogP contribution in [-0.2, 0) is 10.0 Å². The van der Waals surface area contributed by atoms with Gasteiger partial charge in [-0.2, -0.15) is 0 Å². The molecule has 5 rings (SSSR count). The number of rotatable bonds is 8. The first-order valence-corrected chi connectivity index (χ1v) is 14.6. The van der Waals surface area contributed by atoms with Gasteiger partial charge in [-0.1, -0.05) is 48.3 Å². The molecule has 0 aliphatic heterocycles. The molecule has 0 atom stereocenters. The van der Waals surface area contributed by atoms with E-state index in [0.29, 0.717) is 5.75 Å². The van der Waals surface area contributed by atoms with Gasteiger partial charge >= 0.3 is 0 Å². The lowest BCUT2D eigenvalue weighted by Crippen LogP contribution is -2.16. The van der Waals surface area contributed by atoms with E-state index in [1.165, 1.54) is 51.3 Å². The minimum atomic E-state index is -3.85. The van der Waals surface area contributed by atoms with Gasteiger partial charge in [0.25, 0.3) is 10.0 Å². The van der Waals surface area contributed by atoms with Crippen LogP contribution in [0.15, 0.2) is 59.6 Å². The number of hydrogen-bond acceptors (Lipinski definition) is 7. The average molecular weight is 543 g/mol. The number of aromatic nitrogens is 2. The van der Waals surface area contributed by atoms with E-state index >= 15 is 0 Å². The first-order valence-electron chi connectivity index (χ1n) is 11.9. The van der Waals surface area contributed by atoms with Crippen molar-refractivity contribution in [2.24, 2.45) is 5.92 Å². The summed E-state index contributed by atoms with van der Waals surface area (Å²) in [6, 6.07) is 13.8. The van der Waals surface area contributed by atoms with Gasteiger partial charge in [0.1, 0.15) is 5.75 Å². The maximum atomic E-state index is 12.9. The van der Waals surface area contributed by atoms with Crippen LogP contribution in [0.2, 0.25) is 5.15 Å². The van der Waals surface area contributed by atoms with Crippen molar-refractivity contribution in [1.29, 1.82) is 0 Å². The first-order chi connectivity index (χ1) is 17.4. The molecular weight excluding hydrogens is 516 g/mol. The van der Waals surface area contributed by atoms with Crippen molar-refractivity contribution in [1.82, 2.24) is 9.97 Å². The Hall–Kier alpha value is -2.88. The Balaban J connectivity index is 1.35. The van der Waals surface area contributed by atoms with Crippen molar-refractivity contribution in [3.8, 4) is 16.9 Å². The van der Waals surface area contributed by atoms with E-state index in [0.717, 1.165) is 38.9 Å². The van der Waals surface area contributed by atoms with Crippen molar-refractivity contribution in [2.75, 3.05) is 23.7 Å². The number of nitrogens with zero attached hydrogens (tertiary/aromatic N) is 2. The molecule has 4 aromatic rings. The molecule has 0 amide bonds. The van der Waals surface area contributed by atoms with Gasteiger partial charge in [0.2, 0.25) is 0 Å². The third kappa shape index (κ3) is 5.58. The molecule has 2 aromatic carbocycles. The summed E-state index contributed by atoms with van der Waals surface area (Å²) in [6.07, 6.45) is 8.21. The highest BCUT2D eigenvalue weighted by molar-refractivity contribution is 7.92. The van der Waals surface area contributed by atoms with Crippen LogP contribution in [0, 0.1) is 5.92 Å². The third-order valence-corrected chi connectivity index (χ3v) is 9.10. The topological polar surface area (TPSA) is 93.2 Å². The predicted molar refractivity (Wildman–Crippen MR) is 147 cm³/mol. The van der Waals surface area contributed by atoms with E-state index in [2.05, 4.69) is 15.0 Å². The maximum Gasteiger partial charge on any atom is 0.261 e. The molecule has 0 unspecified atom stereocenters. The van der Waals surface area contributed by atoms with Gasteiger partial charge in [-0.05, 0) is 66.8 Å². The Morgan fingerprint density at radius 1 is 1.06 bits per heavy atom. The summed E-state index contributed by atoms with van der Waals surface area (Å²) >= 11 is 7.87. The van der Waals surface area contributed by atoms with Gasteiger partial charge in [-0.15, -0.1) is 0 Å². The Morgan fingerprint density at radius 3 is 2.58 bits per heavy atom. The van der Waals surface area contributed by atoms with Crippen LogP contribution in [0.3, 0.4) is 0 Å². The molecule has 0 radical (unpaired) electrons. The smallest absolute Gasteiger partial charge is 0.261 e. The molecule has 0 saturated heterocycles. The number of methoxy groups -OCH3 is 1. The Kier molecular flexibility index (Phi) is 7.32. The minimum Gasteiger partial charge on any atom is -0.497 e. The van der Waals surface area contributed by atoms with E-state index in [9.17, 15) is 8.42 Å². The molecule has 7 nitrogen and oxygen atoms in total. The lowest BCUT2D eigenvalue weighted by atomic mass is 9.89. The average Bonchev–Trinajstić information content (AvgIpc) is 3.31. The molecule has 188 valence electrons. The van der Waals surface area contributed by atoms with Crippen LogP contribution < -0.4 is 14.8 Å². The van der Waals surface area contributed by atoms with Crippen molar-refractivity contribution in [3.63, 3.8) is 0 Å². The molecule has 0 spiro atoms. The lowest BCUT2D eigenvalue weighted by molar-refractivity contribution is 0.373. The van der Waals surface area contributed by atoms with E-state index in [1.807, 2.05) is 18.2 Å². The number of benzene rings is 2. The second-order valence-electron chi connectivity index (χ2n) is 8.93. The highest BCUT2D eigenvalue weighted by Crippen LogP contribution is 2.34. The highest BCUT2D eigenvalue weighted by Gasteiger charge is 2.18. The van der Waals surface area contributed by atoms with Crippen LogP contribution in [0.25, 0.3) is 21.3 Å². The molecule has 1 aliphatic carbocycles. The van der Waals surface area contributed by atoms with Crippen LogP contribution in [0.1, 0.15) is 32.1 Å². The molecule has 1 saturated carbocycles. The molecule has 36 heavy (non-hydrogen) atoms. The number of hydrogen-bond donors (Lipinski definition) is 2. The van der Waals surface area contributed by atoms with Crippen molar-refractivity contribution in [2.45, 2.75) is 37.0 Å². The normalized spacial score (nSPS) is 14.6. The van der Waals surface area contributed by atoms with E-state index in [1.54, 1.807) is 35.7 Å². The van der Waals surface area contributed by atoms with E-state index in [-0.39, 0.29) is 15.7 Å². The molecular formula is C26H27ClN4O3S2. The quantitative estimate of drug-likeness (QED) is 0.237. The van der Waals surface area contributed by atoms with Gasteiger partial charge in [0, 0.05) is 18.3 Å². The Morgan fingerprint density at radius 2 is 1.83 bits per heavy atom. The summed E-state index contributed by atoms with van der Waals surface area (Å²) in [6.45, 7) is 0.964. The van der Waals surface area contributed by atoms with E-state index < -0.39 is 10.0 Å². The number of anilines is 2. The number of thiazole rings is 1. The summed E-state index contributed by atoms with van der Waals surface area (Å²) < 4.78 is 34.5. The van der Waals surface area contributed by atoms with Crippen molar-refractivity contribution in [3.05, 3.63) is 59.9 Å². The summed E-state index contributed by atoms with van der Waals surface area (Å²) in [5.41, 5.74) is 2.79. The summed E-state index contributed by atoms with van der Waals surface area (Å²) in [4.78, 5) is 9.05. The molecule has 2 N–H and O–H groups in total. The van der Waals surface area contributed by atoms with Crippen LogP contribution in [0.5, 0.6) is 5.75 Å². The van der Waals surface area contributed by atoms with Gasteiger partial charge in [-0.25, -0.2) is 18.4 Å². The predicted octanol–water partition coefficient (Wildman–Crippen LogP) is 6.81. The summed E-state index contributed by atoms with van der Waals surface area (Å²) in [5.74, 6) is 1.29. The SMILES string of the molecule is COc1ccc(S(=O)(=O)Nc2cc(-c3ccc4nc(NCC5CCCCC5)sc4c3)cnc2Cl)cc1. The summed E-state index contributed by atoms with van der Waals surface area (Å²) in [5, 5.41) is 4.52. The lowest BCUT2D eigenvalue weighted by Gasteiger charge is -2.21. The molecule has 10 heteroatoms. The number of ether oxygens (including phenoxy) is 1. The summed E-state index contributed by atoms with van der Waals surface area (Å²) in [7, 11) is -2.33. The number of pyridine rings is 1. The second kappa shape index (κ2) is 10.6. The zero-order chi connectivity index (χ0) is 25.1. The molecule has 0 bridgehead atoms. The third-order valence-electron chi connectivity index (χ3n) is 6.44. The molecule has 2 aromatic heterocycles. The fourth-order valence-electron chi connectivity index (χ4n) is 4.44. The van der Waals surface area contributed by atoms with Gasteiger partial charge in [-0.3, -0.25) is 4.72 Å². The number of fused-ring (bicyclic) bond motifs is 1. The largest absolute Gasteiger partial charge is 0.497 e. The van der Waals surface area contributed by atoms with Crippen LogP contribution in [0.4, 0.5) is 10.8 Å². The number of nitrogens with one attached hydrogen (secondary N) is 2. The molecule has 1 fully saturated rings. The highest BCUT2D eigenvalue weighted by atomic mass is 35.5. The van der Waals surface area contributed by atoms with Gasteiger partial charge in [0.05, 0.1) is 27.9 Å². The first kappa shape index (κ1) is 24.8. The fraction of sp³-hybridized carbons (Fsp3) is 0.308. The van der Waals surface area contributed by atoms with Crippen molar-refractivity contribution < 1.29 is 13.2 Å². The maximum absolute atomic E-state index is 12.9. The zero-order valence-electron chi connectivity index (χ0n) is 19.8. The standard InChI is InChI=1S/C26H27ClN4O3S2/c1-34-20-8-10-21(11-9-20)36(32,33)31-23-13-19(16-28-25(23)27)18-7-12-22-24(14-18)35-26(30-22)29-15-17-5-3-2-4-6-17/h7-14,16-17,31H,2-6,15H2,1H3,(H,29,30). The van der Waals surface area contributed by atoms with Gasteiger partial charge in [0.15, 0.2) is 10.3 Å². The number of halogens is 1. The number of sulfonamides is 1. The molecule has 2 heterocycles. The van der Waals surface area contributed by atoms with Crippen LogP contribution in [-0.4, -0.2) is 32.0 Å². The minimum absolute atomic E-state index is 0.0731. The van der Waals surface area contributed by atoms with Crippen molar-refractivity contribution >= 4 is 54.0 Å². The Labute approximate surface area is 219 Å². The zero-order valence-corrected chi connectivity index (χ0v) is 22.2. The van der Waals surface area contributed by atoms with Crippen LogP contribution >= 0.6 is 22.9 Å². The fourth-order valence-corrected chi connectivity index (χ4v) is 6.61. The Bertz CT molecular complexity index is 1470. The second-order valence-corrected chi connectivity index (χ2v) is 12.0. The van der Waals surface area contributed by atoms with Gasteiger partial charge < -0.3 is 10.1 Å². The van der Waals surface area contributed by atoms with E-state index in [4.69, 9.17) is 21.3 Å². The molecule has 1 aliphatic rings.